The number of piperazine rings is 1. The van der Waals surface area contributed by atoms with Gasteiger partial charge in [-0.15, -0.1) is 0 Å². The molecule has 1 aromatic carbocycles. The van der Waals surface area contributed by atoms with Crippen LogP contribution in [-0.2, 0) is 0 Å². The van der Waals surface area contributed by atoms with Gasteiger partial charge in [0.25, 0.3) is 5.56 Å². The summed E-state index contributed by atoms with van der Waals surface area (Å²) < 4.78 is 0. The van der Waals surface area contributed by atoms with Crippen molar-refractivity contribution in [3.8, 4) is 6.07 Å². The van der Waals surface area contributed by atoms with Crippen LogP contribution in [0.3, 0.4) is 0 Å². The van der Waals surface area contributed by atoms with E-state index in [1.165, 1.54) is 24.9 Å². The third kappa shape index (κ3) is 4.59. The Hall–Kier alpha value is -3.71. The summed E-state index contributed by atoms with van der Waals surface area (Å²) in [6, 6.07) is 10.5. The Labute approximate surface area is 191 Å². The molecule has 3 aromatic rings. The first-order valence-electron chi connectivity index (χ1n) is 11.4. The molecule has 4 heterocycles. The number of hydrogen-bond acceptors (Lipinski definition) is 9. The van der Waals surface area contributed by atoms with Crippen molar-refractivity contribution < 1.29 is 0 Å². The maximum atomic E-state index is 12.6. The molecule has 2 fully saturated rings. The van der Waals surface area contributed by atoms with Gasteiger partial charge in [-0.3, -0.25) is 9.69 Å². The maximum absolute atomic E-state index is 12.6. The van der Waals surface area contributed by atoms with Crippen LogP contribution in [0.25, 0.3) is 10.9 Å². The van der Waals surface area contributed by atoms with Crippen molar-refractivity contribution in [2.45, 2.75) is 19.3 Å². The van der Waals surface area contributed by atoms with Crippen molar-refractivity contribution >= 4 is 34.0 Å². The summed E-state index contributed by atoms with van der Waals surface area (Å²) in [4.78, 5) is 28.5. The van der Waals surface area contributed by atoms with E-state index in [4.69, 9.17) is 10.2 Å². The van der Waals surface area contributed by atoms with Crippen LogP contribution in [0.1, 0.15) is 19.3 Å². The zero-order valence-electron chi connectivity index (χ0n) is 18.5. The number of rotatable bonds is 5. The fraction of sp³-hybridized carbons (Fsp3) is 0.435. The Balaban J connectivity index is 1.42. The molecule has 2 saturated heterocycles. The Kier molecular flexibility index (Phi) is 6.04. The van der Waals surface area contributed by atoms with Crippen LogP contribution in [0.2, 0.25) is 0 Å². The number of fused-ring (bicyclic) bond motifs is 1. The fourth-order valence-corrected chi connectivity index (χ4v) is 4.47. The zero-order valence-corrected chi connectivity index (χ0v) is 18.5. The molecular formula is C23H27N9O. The van der Waals surface area contributed by atoms with Gasteiger partial charge in [-0.05, 0) is 43.5 Å². The highest BCUT2D eigenvalue weighted by Crippen LogP contribution is 2.26. The molecule has 2 N–H and O–H groups in total. The molecule has 0 saturated carbocycles. The molecule has 5 rings (SSSR count). The van der Waals surface area contributed by atoms with E-state index >= 15 is 0 Å². The normalized spacial score (nSPS) is 17.2. The van der Waals surface area contributed by atoms with Gasteiger partial charge in [0.2, 0.25) is 5.95 Å². The molecule has 0 bridgehead atoms. The molecule has 170 valence electrons. The van der Waals surface area contributed by atoms with Crippen molar-refractivity contribution in [3.05, 3.63) is 40.8 Å². The number of aromatic amines is 1. The van der Waals surface area contributed by atoms with E-state index in [1.807, 2.05) is 12.1 Å². The minimum atomic E-state index is -0.328. The Morgan fingerprint density at radius 3 is 2.45 bits per heavy atom. The lowest BCUT2D eigenvalue weighted by Gasteiger charge is -2.33. The average molecular weight is 446 g/mol. The second-order valence-corrected chi connectivity index (χ2v) is 8.47. The van der Waals surface area contributed by atoms with Gasteiger partial charge in [0.1, 0.15) is 16.7 Å². The summed E-state index contributed by atoms with van der Waals surface area (Å²) in [5.74, 6) is 1.02. The van der Waals surface area contributed by atoms with Gasteiger partial charge in [0, 0.05) is 50.6 Å². The molecule has 10 heteroatoms. The van der Waals surface area contributed by atoms with E-state index < -0.39 is 0 Å². The SMILES string of the molecule is N#CCN1CCN(c2nc(Nc3ccc(N4CCCCC4)cc3)c3c(=O)[nH]ncc3n2)CC1. The largest absolute Gasteiger partial charge is 0.372 e. The second kappa shape index (κ2) is 9.42. The zero-order chi connectivity index (χ0) is 22.6. The lowest BCUT2D eigenvalue weighted by atomic mass is 10.1. The minimum absolute atomic E-state index is 0.328. The lowest BCUT2D eigenvalue weighted by molar-refractivity contribution is 0.285. The van der Waals surface area contributed by atoms with E-state index in [0.717, 1.165) is 31.9 Å². The Bertz CT molecular complexity index is 1200. The third-order valence-electron chi connectivity index (χ3n) is 6.31. The summed E-state index contributed by atoms with van der Waals surface area (Å²) in [5, 5.41) is 19.1. The molecule has 2 aromatic heterocycles. The van der Waals surface area contributed by atoms with Crippen molar-refractivity contribution in [1.82, 2.24) is 25.1 Å². The van der Waals surface area contributed by atoms with E-state index in [9.17, 15) is 4.79 Å². The number of nitriles is 1. The topological polar surface area (TPSA) is 117 Å². The van der Waals surface area contributed by atoms with Gasteiger partial charge in [0.15, 0.2) is 0 Å². The van der Waals surface area contributed by atoms with Crippen LogP contribution in [0.15, 0.2) is 35.3 Å². The van der Waals surface area contributed by atoms with Gasteiger partial charge in [-0.1, -0.05) is 0 Å². The molecule has 0 atom stereocenters. The van der Waals surface area contributed by atoms with Gasteiger partial charge < -0.3 is 15.1 Å². The molecule has 0 amide bonds. The molecule has 0 radical (unpaired) electrons. The van der Waals surface area contributed by atoms with Crippen LogP contribution in [0.4, 0.5) is 23.1 Å². The quantitative estimate of drug-likeness (QED) is 0.569. The number of H-pyrrole nitrogens is 1. The summed E-state index contributed by atoms with van der Waals surface area (Å²) in [7, 11) is 0. The summed E-state index contributed by atoms with van der Waals surface area (Å²) in [5.41, 5.74) is 2.24. The van der Waals surface area contributed by atoms with Crippen LogP contribution >= 0.6 is 0 Å². The van der Waals surface area contributed by atoms with E-state index in [2.05, 4.69) is 53.4 Å². The molecule has 10 nitrogen and oxygen atoms in total. The number of piperidine rings is 1. The molecule has 0 spiro atoms. The Morgan fingerprint density at radius 2 is 1.73 bits per heavy atom. The monoisotopic (exact) mass is 445 g/mol. The number of anilines is 4. The molecule has 0 unspecified atom stereocenters. The van der Waals surface area contributed by atoms with Crippen LogP contribution in [0.5, 0.6) is 0 Å². The first-order chi connectivity index (χ1) is 16.2. The smallest absolute Gasteiger partial charge is 0.277 e. The first-order valence-corrected chi connectivity index (χ1v) is 11.4. The van der Waals surface area contributed by atoms with E-state index in [1.54, 1.807) is 6.20 Å². The summed E-state index contributed by atoms with van der Waals surface area (Å²) >= 11 is 0. The van der Waals surface area contributed by atoms with Gasteiger partial charge >= 0.3 is 0 Å². The fourth-order valence-electron chi connectivity index (χ4n) is 4.47. The molecule has 2 aliphatic heterocycles. The predicted octanol–water partition coefficient (Wildman–Crippen LogP) is 2.09. The highest BCUT2D eigenvalue weighted by atomic mass is 16.1. The second-order valence-electron chi connectivity index (χ2n) is 8.47. The minimum Gasteiger partial charge on any atom is -0.372 e. The molecular weight excluding hydrogens is 418 g/mol. The number of nitrogens with one attached hydrogen (secondary N) is 2. The van der Waals surface area contributed by atoms with Gasteiger partial charge in [0.05, 0.1) is 18.8 Å². The van der Waals surface area contributed by atoms with Crippen molar-refractivity contribution in [1.29, 1.82) is 5.26 Å². The lowest BCUT2D eigenvalue weighted by Crippen LogP contribution is -2.47. The van der Waals surface area contributed by atoms with Crippen LogP contribution in [0, 0.1) is 11.3 Å². The first kappa shape index (κ1) is 21.2. The van der Waals surface area contributed by atoms with E-state index in [-0.39, 0.29) is 5.56 Å². The standard InChI is InChI=1S/C23H27N9O/c24-8-11-30-12-14-32(15-13-30)23-27-19-16-25-29-22(33)20(19)21(28-23)26-17-4-6-18(7-5-17)31-9-2-1-3-10-31/h4-7,16H,1-3,9-15H2,(H,29,33)(H,26,27,28). The number of benzene rings is 1. The van der Waals surface area contributed by atoms with Crippen LogP contribution in [-0.4, -0.2) is 70.9 Å². The highest BCUT2D eigenvalue weighted by Gasteiger charge is 2.21. The Morgan fingerprint density at radius 1 is 0.970 bits per heavy atom. The number of nitrogens with zero attached hydrogens (tertiary/aromatic N) is 7. The summed E-state index contributed by atoms with van der Waals surface area (Å²) in [6.45, 7) is 5.58. The molecule has 33 heavy (non-hydrogen) atoms. The summed E-state index contributed by atoms with van der Waals surface area (Å²) in [6.07, 6.45) is 5.32. The molecule has 2 aliphatic rings. The van der Waals surface area contributed by atoms with Gasteiger partial charge in [-0.2, -0.15) is 15.3 Å². The maximum Gasteiger partial charge on any atom is 0.277 e. The average Bonchev–Trinajstić information content (AvgIpc) is 2.86. The van der Waals surface area contributed by atoms with E-state index in [0.29, 0.717) is 42.3 Å². The van der Waals surface area contributed by atoms with Crippen LogP contribution < -0.4 is 20.7 Å². The highest BCUT2D eigenvalue weighted by molar-refractivity contribution is 5.90. The van der Waals surface area contributed by atoms with Gasteiger partial charge in [-0.25, -0.2) is 10.1 Å². The number of aromatic nitrogens is 4. The number of hydrogen-bond donors (Lipinski definition) is 2. The predicted molar refractivity (Wildman–Crippen MR) is 128 cm³/mol. The molecule has 0 aliphatic carbocycles. The van der Waals surface area contributed by atoms with Crippen molar-refractivity contribution in [2.75, 3.05) is 60.9 Å². The van der Waals surface area contributed by atoms with Crippen molar-refractivity contribution in [2.24, 2.45) is 0 Å². The third-order valence-corrected chi connectivity index (χ3v) is 6.31. The van der Waals surface area contributed by atoms with Crippen molar-refractivity contribution in [3.63, 3.8) is 0 Å².